The van der Waals surface area contributed by atoms with E-state index < -0.39 is 16.7 Å². The summed E-state index contributed by atoms with van der Waals surface area (Å²) in [6.45, 7) is 0.773. The zero-order chi connectivity index (χ0) is 7.61. The zero-order valence-electron chi connectivity index (χ0n) is 5.66. The van der Waals surface area contributed by atoms with Crippen LogP contribution in [0.2, 0.25) is 0 Å². The van der Waals surface area contributed by atoms with Crippen LogP contribution < -0.4 is 0 Å². The van der Waals surface area contributed by atoms with Gasteiger partial charge in [0.25, 0.3) is 0 Å². The fourth-order valence-corrected chi connectivity index (χ4v) is 1.52. The molecule has 1 aliphatic heterocycles. The molecule has 1 rings (SSSR count). The molecule has 1 fully saturated rings. The van der Waals surface area contributed by atoms with Crippen molar-refractivity contribution in [2.45, 2.75) is 5.60 Å². The lowest BCUT2D eigenvalue weighted by Crippen LogP contribution is -2.55. The standard InChI is InChI=1S/C5H10O4S/c1-8-5(2-9-3-5)4-10(6)7/h2-4H2,1H3,(H,6,7)/p-1. The van der Waals surface area contributed by atoms with Gasteiger partial charge in [0, 0.05) is 12.9 Å². The van der Waals surface area contributed by atoms with Crippen molar-refractivity contribution in [2.24, 2.45) is 0 Å². The van der Waals surface area contributed by atoms with E-state index in [9.17, 15) is 8.76 Å². The first-order chi connectivity index (χ1) is 4.68. The molecule has 1 aliphatic rings. The molecule has 10 heavy (non-hydrogen) atoms. The molecule has 0 aliphatic carbocycles. The van der Waals surface area contributed by atoms with E-state index in [4.69, 9.17) is 9.47 Å². The van der Waals surface area contributed by atoms with Crippen LogP contribution in [0.4, 0.5) is 0 Å². The summed E-state index contributed by atoms with van der Waals surface area (Å²) in [5.41, 5.74) is -0.549. The fourth-order valence-electron chi connectivity index (χ4n) is 0.805. The zero-order valence-corrected chi connectivity index (χ0v) is 6.48. The molecule has 0 N–H and O–H groups in total. The summed E-state index contributed by atoms with van der Waals surface area (Å²) < 4.78 is 30.3. The summed E-state index contributed by atoms with van der Waals surface area (Å²) in [6.07, 6.45) is 0. The highest BCUT2D eigenvalue weighted by Crippen LogP contribution is 2.21. The quantitative estimate of drug-likeness (QED) is 0.518. The average molecular weight is 165 g/mol. The lowest BCUT2D eigenvalue weighted by atomic mass is 10.1. The molecule has 60 valence electrons. The molecule has 1 atom stereocenters. The SMILES string of the molecule is COC1(CS(=O)[O-])COC1. The Labute approximate surface area is 61.8 Å². The number of methoxy groups -OCH3 is 1. The van der Waals surface area contributed by atoms with Crippen molar-refractivity contribution in [1.29, 1.82) is 0 Å². The highest BCUT2D eigenvalue weighted by molar-refractivity contribution is 7.79. The highest BCUT2D eigenvalue weighted by atomic mass is 32.2. The maximum Gasteiger partial charge on any atom is 0.125 e. The van der Waals surface area contributed by atoms with Crippen molar-refractivity contribution < 1.29 is 18.2 Å². The molecule has 0 bridgehead atoms. The predicted molar refractivity (Wildman–Crippen MR) is 34.3 cm³/mol. The number of rotatable bonds is 3. The van der Waals surface area contributed by atoms with Gasteiger partial charge in [-0.25, -0.2) is 0 Å². The lowest BCUT2D eigenvalue weighted by molar-refractivity contribution is -0.181. The maximum atomic E-state index is 10.2. The van der Waals surface area contributed by atoms with Gasteiger partial charge < -0.3 is 14.0 Å². The molecular formula is C5H9O4S-. The Kier molecular flexibility index (Phi) is 2.40. The predicted octanol–water partition coefficient (Wildman–Crippen LogP) is -0.719. The molecule has 0 spiro atoms. The van der Waals surface area contributed by atoms with Gasteiger partial charge in [0.2, 0.25) is 0 Å². The van der Waals surface area contributed by atoms with Crippen molar-refractivity contribution in [3.8, 4) is 0 Å². The van der Waals surface area contributed by atoms with Gasteiger partial charge in [0.15, 0.2) is 0 Å². The van der Waals surface area contributed by atoms with Crippen LogP contribution in [0.1, 0.15) is 0 Å². The van der Waals surface area contributed by atoms with Crippen molar-refractivity contribution >= 4 is 11.1 Å². The van der Waals surface area contributed by atoms with E-state index in [-0.39, 0.29) is 5.75 Å². The Bertz CT molecular complexity index is 137. The monoisotopic (exact) mass is 165 g/mol. The van der Waals surface area contributed by atoms with Crippen molar-refractivity contribution in [1.82, 2.24) is 0 Å². The second-order valence-electron chi connectivity index (χ2n) is 2.33. The van der Waals surface area contributed by atoms with Crippen LogP contribution in [0.5, 0.6) is 0 Å². The summed E-state index contributed by atoms with van der Waals surface area (Å²) in [6, 6.07) is 0. The van der Waals surface area contributed by atoms with E-state index in [0.717, 1.165) is 0 Å². The topological polar surface area (TPSA) is 58.6 Å². The van der Waals surface area contributed by atoms with Crippen LogP contribution in [-0.2, 0) is 20.6 Å². The summed E-state index contributed by atoms with van der Waals surface area (Å²) >= 11 is -2.04. The van der Waals surface area contributed by atoms with Crippen LogP contribution in [0, 0.1) is 0 Å². The summed E-state index contributed by atoms with van der Waals surface area (Å²) in [5, 5.41) is 0. The molecule has 1 saturated heterocycles. The Balaban J connectivity index is 2.40. The minimum Gasteiger partial charge on any atom is -0.772 e. The van der Waals surface area contributed by atoms with Crippen molar-refractivity contribution in [3.63, 3.8) is 0 Å². The van der Waals surface area contributed by atoms with E-state index in [2.05, 4.69) is 0 Å². The molecule has 5 heteroatoms. The van der Waals surface area contributed by atoms with Gasteiger partial charge in [-0.05, 0) is 0 Å². The van der Waals surface area contributed by atoms with Gasteiger partial charge in [-0.3, -0.25) is 4.21 Å². The fraction of sp³-hybridized carbons (Fsp3) is 1.00. The second-order valence-corrected chi connectivity index (χ2v) is 3.22. The van der Waals surface area contributed by atoms with Crippen LogP contribution in [0.15, 0.2) is 0 Å². The molecule has 4 nitrogen and oxygen atoms in total. The normalized spacial score (nSPS) is 25.4. The molecule has 0 saturated carbocycles. The number of hydrogen-bond donors (Lipinski definition) is 0. The molecule has 1 unspecified atom stereocenters. The van der Waals surface area contributed by atoms with E-state index in [1.165, 1.54) is 7.11 Å². The van der Waals surface area contributed by atoms with Gasteiger partial charge in [0.1, 0.15) is 5.60 Å². The van der Waals surface area contributed by atoms with Gasteiger partial charge in [-0.1, -0.05) is 11.1 Å². The Hall–Kier alpha value is 0.0300. The van der Waals surface area contributed by atoms with Crippen LogP contribution in [0.3, 0.4) is 0 Å². The highest BCUT2D eigenvalue weighted by Gasteiger charge is 2.38. The summed E-state index contributed by atoms with van der Waals surface area (Å²) in [4.78, 5) is 0. The number of hydrogen-bond acceptors (Lipinski definition) is 4. The first-order valence-electron chi connectivity index (χ1n) is 2.87. The third-order valence-electron chi connectivity index (χ3n) is 1.54. The van der Waals surface area contributed by atoms with E-state index in [1.54, 1.807) is 0 Å². The van der Waals surface area contributed by atoms with Gasteiger partial charge >= 0.3 is 0 Å². The molecule has 0 aromatic rings. The van der Waals surface area contributed by atoms with Crippen LogP contribution in [-0.4, -0.2) is 40.4 Å². The van der Waals surface area contributed by atoms with Crippen molar-refractivity contribution in [2.75, 3.05) is 26.1 Å². The van der Waals surface area contributed by atoms with Gasteiger partial charge in [-0.2, -0.15) is 0 Å². The maximum absolute atomic E-state index is 10.2. The summed E-state index contributed by atoms with van der Waals surface area (Å²) in [7, 11) is 1.50. The minimum atomic E-state index is -2.04. The third kappa shape index (κ3) is 1.54. The summed E-state index contributed by atoms with van der Waals surface area (Å²) in [5.74, 6) is 0.0312. The molecular weight excluding hydrogens is 156 g/mol. The Morgan fingerprint density at radius 3 is 2.50 bits per heavy atom. The van der Waals surface area contributed by atoms with Crippen LogP contribution in [0.25, 0.3) is 0 Å². The third-order valence-corrected chi connectivity index (χ3v) is 2.31. The number of ether oxygens (including phenoxy) is 2. The molecule has 0 aromatic heterocycles. The Morgan fingerprint density at radius 2 is 2.40 bits per heavy atom. The molecule has 0 aromatic carbocycles. The first kappa shape index (κ1) is 8.13. The minimum absolute atomic E-state index is 0.0312. The Morgan fingerprint density at radius 1 is 1.80 bits per heavy atom. The smallest absolute Gasteiger partial charge is 0.125 e. The van der Waals surface area contributed by atoms with E-state index >= 15 is 0 Å². The van der Waals surface area contributed by atoms with E-state index in [1.807, 2.05) is 0 Å². The first-order valence-corrected chi connectivity index (χ1v) is 4.12. The van der Waals surface area contributed by atoms with E-state index in [0.29, 0.717) is 13.2 Å². The van der Waals surface area contributed by atoms with Gasteiger partial charge in [0.05, 0.1) is 13.2 Å². The average Bonchev–Trinajstić information content (AvgIpc) is 1.78. The largest absolute Gasteiger partial charge is 0.772 e. The molecule has 0 radical (unpaired) electrons. The van der Waals surface area contributed by atoms with Gasteiger partial charge in [-0.15, -0.1) is 0 Å². The van der Waals surface area contributed by atoms with Crippen LogP contribution >= 0.6 is 0 Å². The molecule has 0 amide bonds. The molecule has 1 heterocycles. The second kappa shape index (κ2) is 2.96. The van der Waals surface area contributed by atoms with Crippen molar-refractivity contribution in [3.05, 3.63) is 0 Å². The lowest BCUT2D eigenvalue weighted by Gasteiger charge is -2.40.